The summed E-state index contributed by atoms with van der Waals surface area (Å²) in [5.74, 6) is -0.424. The van der Waals surface area contributed by atoms with E-state index in [9.17, 15) is 14.0 Å². The predicted octanol–water partition coefficient (Wildman–Crippen LogP) is 4.49. The smallest absolute Gasteiger partial charge is 0.273 e. The first kappa shape index (κ1) is 23.7. The second-order valence-electron chi connectivity index (χ2n) is 8.84. The summed E-state index contributed by atoms with van der Waals surface area (Å²) in [6, 6.07) is 19.2. The third kappa shape index (κ3) is 4.37. The van der Waals surface area contributed by atoms with Crippen molar-refractivity contribution < 1.29 is 18.7 Å². The molecular weight excluding hydrogens is 479 g/mol. The molecule has 0 saturated carbocycles. The van der Waals surface area contributed by atoms with E-state index in [4.69, 9.17) is 4.74 Å². The number of hydrogen-bond donors (Lipinski definition) is 1. The maximum Gasteiger partial charge on any atom is 0.273 e. The molecule has 1 aliphatic heterocycles. The molecule has 0 unspecified atom stereocenters. The van der Waals surface area contributed by atoms with Gasteiger partial charge in [0.05, 0.1) is 25.1 Å². The van der Waals surface area contributed by atoms with E-state index in [0.717, 1.165) is 16.2 Å². The summed E-state index contributed by atoms with van der Waals surface area (Å²) in [6.45, 7) is 2.07. The summed E-state index contributed by atoms with van der Waals surface area (Å²) >= 11 is 1.52. The van der Waals surface area contributed by atoms with Crippen LogP contribution < -0.4 is 10.1 Å². The van der Waals surface area contributed by atoms with Crippen LogP contribution >= 0.6 is 11.3 Å². The molecule has 0 saturated heterocycles. The Morgan fingerprint density at radius 2 is 1.94 bits per heavy atom. The number of carbonyl (C=O) groups excluding carboxylic acids is 2. The zero-order valence-corrected chi connectivity index (χ0v) is 20.7. The highest BCUT2D eigenvalue weighted by atomic mass is 32.1. The van der Waals surface area contributed by atoms with Crippen LogP contribution in [0.3, 0.4) is 0 Å². The van der Waals surface area contributed by atoms with Crippen LogP contribution in [0.1, 0.15) is 28.5 Å². The molecule has 3 heterocycles. The van der Waals surface area contributed by atoms with Crippen molar-refractivity contribution in [1.82, 2.24) is 20.0 Å². The number of methoxy groups -OCH3 is 1. The van der Waals surface area contributed by atoms with E-state index >= 15 is 0 Å². The predicted molar refractivity (Wildman–Crippen MR) is 135 cm³/mol. The molecule has 2 aromatic heterocycles. The second-order valence-corrected chi connectivity index (χ2v) is 9.78. The largest absolute Gasteiger partial charge is 0.497 e. The van der Waals surface area contributed by atoms with Gasteiger partial charge in [0.1, 0.15) is 28.5 Å². The highest BCUT2D eigenvalue weighted by Gasteiger charge is 2.48. The lowest BCUT2D eigenvalue weighted by Gasteiger charge is -2.43. The highest BCUT2D eigenvalue weighted by Crippen LogP contribution is 2.33. The van der Waals surface area contributed by atoms with E-state index in [-0.39, 0.29) is 31.4 Å². The maximum atomic E-state index is 14.6. The molecule has 1 aliphatic rings. The molecule has 5 rings (SSSR count). The summed E-state index contributed by atoms with van der Waals surface area (Å²) in [5.41, 5.74) is 0.969. The van der Waals surface area contributed by atoms with E-state index in [1.165, 1.54) is 22.3 Å². The Balaban J connectivity index is 1.47. The molecule has 4 aromatic rings. The van der Waals surface area contributed by atoms with Gasteiger partial charge in [-0.25, -0.2) is 4.39 Å². The monoisotopic (exact) mass is 504 g/mol. The number of carbonyl (C=O) groups is 2. The molecule has 1 N–H and O–H groups in total. The van der Waals surface area contributed by atoms with Crippen LogP contribution in [0.25, 0.3) is 10.6 Å². The van der Waals surface area contributed by atoms with Crippen molar-refractivity contribution in [3.8, 4) is 16.3 Å². The van der Waals surface area contributed by atoms with Gasteiger partial charge >= 0.3 is 0 Å². The third-order valence-corrected chi connectivity index (χ3v) is 7.35. The van der Waals surface area contributed by atoms with E-state index in [0.29, 0.717) is 17.0 Å². The zero-order valence-electron chi connectivity index (χ0n) is 19.9. The molecule has 0 bridgehead atoms. The molecule has 0 spiro atoms. The van der Waals surface area contributed by atoms with Crippen molar-refractivity contribution in [1.29, 1.82) is 0 Å². The van der Waals surface area contributed by atoms with Gasteiger partial charge in [0.15, 0.2) is 0 Å². The lowest BCUT2D eigenvalue weighted by molar-refractivity contribution is -0.133. The molecule has 7 nitrogen and oxygen atoms in total. The van der Waals surface area contributed by atoms with E-state index < -0.39 is 11.4 Å². The Morgan fingerprint density at radius 3 is 2.64 bits per heavy atom. The van der Waals surface area contributed by atoms with Gasteiger partial charge in [-0.3, -0.25) is 14.3 Å². The first-order valence-corrected chi connectivity index (χ1v) is 12.4. The van der Waals surface area contributed by atoms with Crippen molar-refractivity contribution in [3.63, 3.8) is 0 Å². The van der Waals surface area contributed by atoms with Gasteiger partial charge in [0, 0.05) is 12.1 Å². The number of ether oxygens (including phenoxy) is 1. The quantitative estimate of drug-likeness (QED) is 0.402. The number of rotatable bonds is 7. The van der Waals surface area contributed by atoms with Gasteiger partial charge in [-0.15, -0.1) is 11.3 Å². The van der Waals surface area contributed by atoms with E-state index in [1.54, 1.807) is 43.0 Å². The van der Waals surface area contributed by atoms with Crippen molar-refractivity contribution in [2.24, 2.45) is 0 Å². The third-order valence-electron chi connectivity index (χ3n) is 6.46. The number of halogens is 1. The average Bonchev–Trinajstić information content (AvgIpc) is 3.57. The Labute approximate surface area is 212 Å². The standard InChI is InChI=1S/C27H25FN4O3S/c1-27(26(34)29-15-18-9-11-20(35-2)12-10-18)17-32-23(14-22(30-32)24-8-5-13-36-24)25(33)31(27)16-19-6-3-4-7-21(19)28/h3-14H,15-17H2,1-2H3,(H,29,34)/t27-/m1/s1. The lowest BCUT2D eigenvalue weighted by Crippen LogP contribution is -2.63. The first-order valence-electron chi connectivity index (χ1n) is 11.5. The molecule has 0 fully saturated rings. The molecule has 184 valence electrons. The first-order chi connectivity index (χ1) is 17.4. The normalized spacial score (nSPS) is 17.1. The lowest BCUT2D eigenvalue weighted by atomic mass is 9.94. The van der Waals surface area contributed by atoms with Crippen LogP contribution in [0, 0.1) is 5.82 Å². The van der Waals surface area contributed by atoms with Crippen LogP contribution in [0.5, 0.6) is 5.75 Å². The van der Waals surface area contributed by atoms with Gasteiger partial charge < -0.3 is 15.0 Å². The van der Waals surface area contributed by atoms with Gasteiger partial charge in [0.25, 0.3) is 5.91 Å². The number of fused-ring (bicyclic) bond motifs is 1. The maximum absolute atomic E-state index is 14.6. The Kier molecular flexibility index (Phi) is 6.32. The van der Waals surface area contributed by atoms with Gasteiger partial charge in [-0.1, -0.05) is 36.4 Å². The van der Waals surface area contributed by atoms with E-state index in [1.807, 2.05) is 41.8 Å². The number of aromatic nitrogens is 2. The SMILES string of the molecule is COc1ccc(CNC(=O)[C@@]2(C)Cn3nc(-c4cccs4)cc3C(=O)N2Cc2ccccc2F)cc1. The summed E-state index contributed by atoms with van der Waals surface area (Å²) in [7, 11) is 1.59. The zero-order chi connectivity index (χ0) is 25.3. The molecule has 2 aromatic carbocycles. The molecule has 0 radical (unpaired) electrons. The van der Waals surface area contributed by atoms with Crippen molar-refractivity contribution in [2.45, 2.75) is 32.1 Å². The summed E-state index contributed by atoms with van der Waals surface area (Å²) in [6.07, 6.45) is 0. The summed E-state index contributed by atoms with van der Waals surface area (Å²) in [4.78, 5) is 29.7. The minimum Gasteiger partial charge on any atom is -0.497 e. The van der Waals surface area contributed by atoms with Crippen molar-refractivity contribution in [3.05, 3.63) is 94.7 Å². The minimum absolute atomic E-state index is 0.0442. The highest BCUT2D eigenvalue weighted by molar-refractivity contribution is 7.13. The van der Waals surface area contributed by atoms with Crippen LogP contribution in [0.15, 0.2) is 72.1 Å². The van der Waals surface area contributed by atoms with Gasteiger partial charge in [-0.2, -0.15) is 5.10 Å². The molecular formula is C27H25FN4O3S. The Bertz CT molecular complexity index is 1400. The molecule has 0 aliphatic carbocycles. The Morgan fingerprint density at radius 1 is 1.17 bits per heavy atom. The molecule has 2 amide bonds. The molecule has 9 heteroatoms. The molecule has 1 atom stereocenters. The second kappa shape index (κ2) is 9.58. The fraction of sp³-hybridized carbons (Fsp3) is 0.222. The molecule has 36 heavy (non-hydrogen) atoms. The topological polar surface area (TPSA) is 76.5 Å². The summed E-state index contributed by atoms with van der Waals surface area (Å²) < 4.78 is 21.4. The van der Waals surface area contributed by atoms with Gasteiger partial charge in [-0.05, 0) is 48.2 Å². The number of hydrogen-bond acceptors (Lipinski definition) is 5. The van der Waals surface area contributed by atoms with Crippen LogP contribution in [-0.4, -0.2) is 39.1 Å². The van der Waals surface area contributed by atoms with Crippen LogP contribution in [0.4, 0.5) is 4.39 Å². The number of benzene rings is 2. The minimum atomic E-state index is -1.29. The number of thiophene rings is 1. The number of nitrogens with zero attached hydrogens (tertiary/aromatic N) is 3. The Hall–Kier alpha value is -3.98. The van der Waals surface area contributed by atoms with Crippen molar-refractivity contribution >= 4 is 23.2 Å². The fourth-order valence-corrected chi connectivity index (χ4v) is 5.03. The van der Waals surface area contributed by atoms with Crippen LogP contribution in [0.2, 0.25) is 0 Å². The van der Waals surface area contributed by atoms with Gasteiger partial charge in [0.2, 0.25) is 5.91 Å². The number of amides is 2. The van der Waals surface area contributed by atoms with Crippen molar-refractivity contribution in [2.75, 3.05) is 7.11 Å². The average molecular weight is 505 g/mol. The number of nitrogens with one attached hydrogen (secondary N) is 1. The fourth-order valence-electron chi connectivity index (χ4n) is 4.35. The van der Waals surface area contributed by atoms with E-state index in [2.05, 4.69) is 10.4 Å². The van der Waals surface area contributed by atoms with Crippen LogP contribution in [-0.2, 0) is 24.4 Å². The summed E-state index contributed by atoms with van der Waals surface area (Å²) in [5, 5.41) is 9.53.